The molecule has 0 unspecified atom stereocenters. The maximum atomic E-state index is 16.4. The number of carbonyl (C=O) groups excluding carboxylic acids is 2. The van der Waals surface area contributed by atoms with Gasteiger partial charge < -0.3 is 19.6 Å². The molecule has 13 heteroatoms. The number of sulfonamides is 1. The standard InChI is InChI=1S/C36H46ClFN4O6S/c1-23-8-12-30(38)33(35(45)40(3)16-17-43)42-15-5-7-28(42)20-41-21-36(14-4-6-25-18-27(37)10-11-29(25)36)22-48-32-13-9-26(19-31(32)41)34(44)39-49(46,47)24(23)2/h9-13,18-19,23-24,28,33,43H,4-8,14-17,20-22H2,1-3H3,(H,39,44)/b30-12-/t23-,24+,28-,33+,36-/m0/s1. The predicted octanol–water partition coefficient (Wildman–Crippen LogP) is 4.44. The van der Waals surface area contributed by atoms with E-state index in [4.69, 9.17) is 16.3 Å². The summed E-state index contributed by atoms with van der Waals surface area (Å²) in [5.74, 6) is -1.86. The second-order valence-electron chi connectivity index (χ2n) is 14.2. The van der Waals surface area contributed by atoms with Gasteiger partial charge in [-0.1, -0.05) is 30.7 Å². The molecule has 2 amide bonds. The summed E-state index contributed by atoms with van der Waals surface area (Å²) in [6.07, 6.45) is 5.52. The molecule has 2 bridgehead atoms. The van der Waals surface area contributed by atoms with Gasteiger partial charge in [0.2, 0.25) is 15.9 Å². The molecule has 10 nitrogen and oxygen atoms in total. The fourth-order valence-corrected chi connectivity index (χ4v) is 9.46. The van der Waals surface area contributed by atoms with Crippen LogP contribution in [0.1, 0.15) is 67.4 Å². The van der Waals surface area contributed by atoms with E-state index in [9.17, 15) is 23.1 Å². The van der Waals surface area contributed by atoms with Crippen molar-refractivity contribution in [2.24, 2.45) is 5.92 Å². The van der Waals surface area contributed by atoms with Crippen molar-refractivity contribution in [1.29, 1.82) is 0 Å². The van der Waals surface area contributed by atoms with Crippen LogP contribution in [0.15, 0.2) is 48.3 Å². The predicted molar refractivity (Wildman–Crippen MR) is 187 cm³/mol. The molecule has 49 heavy (non-hydrogen) atoms. The van der Waals surface area contributed by atoms with E-state index in [1.54, 1.807) is 32.2 Å². The number of aliphatic hydroxyl groups is 1. The molecule has 2 N–H and O–H groups in total. The molecule has 3 aliphatic heterocycles. The third kappa shape index (κ3) is 7.07. The Morgan fingerprint density at radius 2 is 2.00 bits per heavy atom. The van der Waals surface area contributed by atoms with E-state index in [0.29, 0.717) is 42.7 Å². The molecule has 1 aliphatic carbocycles. The molecule has 266 valence electrons. The first kappa shape index (κ1) is 35.6. The van der Waals surface area contributed by atoms with Crippen LogP contribution < -0.4 is 14.4 Å². The molecule has 1 spiro atoms. The molecule has 1 saturated heterocycles. The summed E-state index contributed by atoms with van der Waals surface area (Å²) in [5.41, 5.74) is 2.73. The van der Waals surface area contributed by atoms with Gasteiger partial charge in [0.25, 0.3) is 5.91 Å². The van der Waals surface area contributed by atoms with E-state index in [-0.39, 0.29) is 31.2 Å². The second kappa shape index (κ2) is 14.2. The first-order chi connectivity index (χ1) is 23.3. The first-order valence-corrected chi connectivity index (χ1v) is 19.1. The molecule has 0 aromatic heterocycles. The number of nitrogens with zero attached hydrogens (tertiary/aromatic N) is 3. The maximum Gasteiger partial charge on any atom is 0.264 e. The van der Waals surface area contributed by atoms with Gasteiger partial charge in [-0.05, 0) is 99.4 Å². The Morgan fingerprint density at radius 3 is 2.78 bits per heavy atom. The summed E-state index contributed by atoms with van der Waals surface area (Å²) in [4.78, 5) is 32.8. The SMILES string of the molecule is C[C@@H]1[C@@H](C)C/C=C(\F)[C@H](C(=O)N(C)CCO)N2CCC[C@H]2CN2C[C@@]3(CCCc4cc(Cl)ccc43)COc3ccc(cc32)C(=O)NS1(=O)=O. The number of aryl methyl sites for hydroxylation is 1. The number of amides is 2. The number of ether oxygens (including phenoxy) is 1. The van der Waals surface area contributed by atoms with Crippen molar-refractivity contribution in [3.63, 3.8) is 0 Å². The molecule has 6 rings (SSSR count). The van der Waals surface area contributed by atoms with Crippen molar-refractivity contribution in [1.82, 2.24) is 14.5 Å². The van der Waals surface area contributed by atoms with Gasteiger partial charge in [-0.15, -0.1) is 0 Å². The molecule has 0 radical (unpaired) electrons. The van der Waals surface area contributed by atoms with Gasteiger partial charge in [0, 0.05) is 48.7 Å². The molecule has 2 aromatic rings. The molecular weight excluding hydrogens is 671 g/mol. The number of allylic oxidation sites excluding steroid dienone is 1. The third-order valence-electron chi connectivity index (χ3n) is 11.0. The number of anilines is 1. The topological polar surface area (TPSA) is 119 Å². The summed E-state index contributed by atoms with van der Waals surface area (Å²) < 4.78 is 52.0. The van der Waals surface area contributed by atoms with Gasteiger partial charge >= 0.3 is 0 Å². The number of hydrogen-bond donors (Lipinski definition) is 2. The van der Waals surface area contributed by atoms with Crippen molar-refractivity contribution in [3.8, 4) is 5.75 Å². The monoisotopic (exact) mass is 716 g/mol. The lowest BCUT2D eigenvalue weighted by molar-refractivity contribution is -0.135. The lowest BCUT2D eigenvalue weighted by atomic mass is 9.70. The summed E-state index contributed by atoms with van der Waals surface area (Å²) in [5, 5.41) is 9.24. The van der Waals surface area contributed by atoms with Crippen LogP contribution in [0.3, 0.4) is 0 Å². The van der Waals surface area contributed by atoms with Crippen LogP contribution in [0, 0.1) is 5.92 Å². The Kier molecular flexibility index (Phi) is 10.3. The largest absolute Gasteiger partial charge is 0.490 e. The quantitative estimate of drug-likeness (QED) is 0.479. The summed E-state index contributed by atoms with van der Waals surface area (Å²) >= 11 is 6.42. The van der Waals surface area contributed by atoms with Gasteiger partial charge in [0.05, 0.1) is 24.2 Å². The number of halogens is 2. The molecular formula is C36H46ClFN4O6S. The Bertz CT molecular complexity index is 1740. The van der Waals surface area contributed by atoms with Crippen molar-refractivity contribution in [3.05, 3.63) is 70.0 Å². The van der Waals surface area contributed by atoms with Gasteiger partial charge in [-0.2, -0.15) is 0 Å². The number of aliphatic hydroxyl groups excluding tert-OH is 1. The lowest BCUT2D eigenvalue weighted by Gasteiger charge is -2.42. The zero-order valence-corrected chi connectivity index (χ0v) is 29.9. The number of benzene rings is 2. The highest BCUT2D eigenvalue weighted by Gasteiger charge is 2.45. The van der Waals surface area contributed by atoms with E-state index in [1.165, 1.54) is 23.5 Å². The van der Waals surface area contributed by atoms with E-state index in [1.807, 2.05) is 17.0 Å². The third-order valence-corrected chi connectivity index (χ3v) is 13.2. The minimum atomic E-state index is -4.14. The van der Waals surface area contributed by atoms with Crippen LogP contribution in [0.2, 0.25) is 5.02 Å². The van der Waals surface area contributed by atoms with Crippen LogP contribution >= 0.6 is 11.6 Å². The van der Waals surface area contributed by atoms with Gasteiger partial charge in [-0.3, -0.25) is 14.5 Å². The molecule has 4 aliphatic rings. The first-order valence-electron chi connectivity index (χ1n) is 17.2. The molecule has 0 saturated carbocycles. The molecule has 1 fully saturated rings. The highest BCUT2D eigenvalue weighted by Crippen LogP contribution is 2.45. The number of fused-ring (bicyclic) bond motifs is 4. The van der Waals surface area contributed by atoms with E-state index >= 15 is 4.39 Å². The van der Waals surface area contributed by atoms with Crippen molar-refractivity contribution >= 4 is 39.1 Å². The van der Waals surface area contributed by atoms with Crippen molar-refractivity contribution in [2.75, 3.05) is 51.3 Å². The Balaban J connectivity index is 1.48. The van der Waals surface area contributed by atoms with E-state index in [2.05, 4.69) is 15.7 Å². The van der Waals surface area contributed by atoms with Gasteiger partial charge in [0.15, 0.2) is 0 Å². The fourth-order valence-electron chi connectivity index (χ4n) is 7.98. The van der Waals surface area contributed by atoms with Crippen LogP contribution in [0.5, 0.6) is 5.75 Å². The van der Waals surface area contributed by atoms with E-state index < -0.39 is 50.3 Å². The maximum absolute atomic E-state index is 16.4. The highest BCUT2D eigenvalue weighted by molar-refractivity contribution is 7.90. The molecule has 3 heterocycles. The zero-order chi connectivity index (χ0) is 35.1. The Hall–Kier alpha value is -3.19. The molecule has 2 aromatic carbocycles. The lowest BCUT2D eigenvalue weighted by Crippen LogP contribution is -2.54. The van der Waals surface area contributed by atoms with E-state index in [0.717, 1.165) is 37.7 Å². The Morgan fingerprint density at radius 1 is 1.20 bits per heavy atom. The summed E-state index contributed by atoms with van der Waals surface area (Å²) in [7, 11) is -2.59. The number of nitrogens with one attached hydrogen (secondary N) is 1. The van der Waals surface area contributed by atoms with Crippen molar-refractivity contribution < 1.29 is 32.2 Å². The van der Waals surface area contributed by atoms with Crippen molar-refractivity contribution in [2.45, 2.75) is 75.1 Å². The normalized spacial score (nSPS) is 29.9. The number of likely N-dealkylation sites (N-methyl/N-ethyl adjacent to an activating group) is 1. The number of hydrogen-bond acceptors (Lipinski definition) is 8. The average molecular weight is 717 g/mol. The van der Waals surface area contributed by atoms with Crippen LogP contribution in [-0.2, 0) is 26.7 Å². The highest BCUT2D eigenvalue weighted by atomic mass is 35.5. The zero-order valence-electron chi connectivity index (χ0n) is 28.3. The average Bonchev–Trinajstić information content (AvgIpc) is 3.45. The van der Waals surface area contributed by atoms with Gasteiger partial charge in [0.1, 0.15) is 17.6 Å². The number of carbonyl (C=O) groups is 2. The van der Waals surface area contributed by atoms with Crippen LogP contribution in [0.4, 0.5) is 10.1 Å². The van der Waals surface area contributed by atoms with Crippen LogP contribution in [0.25, 0.3) is 0 Å². The smallest absolute Gasteiger partial charge is 0.264 e. The van der Waals surface area contributed by atoms with Gasteiger partial charge in [-0.25, -0.2) is 17.5 Å². The second-order valence-corrected chi connectivity index (χ2v) is 16.7. The fraction of sp³-hybridized carbons (Fsp3) is 0.556. The summed E-state index contributed by atoms with van der Waals surface area (Å²) in [6, 6.07) is 9.52. The number of rotatable bonds is 3. The minimum Gasteiger partial charge on any atom is -0.490 e. The van der Waals surface area contributed by atoms with Crippen LogP contribution in [-0.4, -0.2) is 98.9 Å². The minimum absolute atomic E-state index is 0.0440. The summed E-state index contributed by atoms with van der Waals surface area (Å²) in [6.45, 7) is 4.78. The molecule has 5 atom stereocenters. The Labute approximate surface area is 293 Å².